The van der Waals surface area contributed by atoms with Gasteiger partial charge < -0.3 is 24.3 Å². The number of hydrogen-bond donors (Lipinski definition) is 0. The van der Waals surface area contributed by atoms with Gasteiger partial charge in [-0.1, -0.05) is 29.3 Å². The second-order valence-corrected chi connectivity index (χ2v) is 13.7. The Morgan fingerprint density at radius 1 is 1.02 bits per heavy atom. The molecule has 15 heteroatoms. The normalized spacial score (nSPS) is 16.8. The number of halogens is 4. The number of piperazine rings is 1. The van der Waals surface area contributed by atoms with Crippen LogP contribution in [-0.4, -0.2) is 70.0 Å². The minimum absolute atomic E-state index is 0.0277. The van der Waals surface area contributed by atoms with Crippen LogP contribution in [0.5, 0.6) is 11.5 Å². The Morgan fingerprint density at radius 3 is 2.27 bits per heavy atom. The lowest BCUT2D eigenvalue weighted by molar-refractivity contribution is -0.605. The number of carbonyl (C=O) groups excluding carboxylic acids is 1. The molecule has 2 fully saturated rings. The molecule has 45 heavy (non-hydrogen) atoms. The van der Waals surface area contributed by atoms with Crippen molar-refractivity contribution in [1.29, 1.82) is 0 Å². The second-order valence-electron chi connectivity index (χ2n) is 11.0. The van der Waals surface area contributed by atoms with Crippen LogP contribution in [0.2, 0.25) is 10.0 Å². The minimum Gasteiger partial charge on any atom is -0.619 e. The van der Waals surface area contributed by atoms with Crippen LogP contribution >= 0.6 is 23.2 Å². The molecule has 1 aliphatic carbocycles. The SMILES string of the molecule is CN1CCN(S(=O)(=O)c2ccc(C(=O)O[C@@H](Cc3c(Cl)c[n+]([O-])cc3Cl)c3ccc(OC(F)F)c(OCC4CC4)c3)cc2)CC1. The third kappa shape index (κ3) is 8.33. The highest BCUT2D eigenvalue weighted by Gasteiger charge is 2.29. The summed E-state index contributed by atoms with van der Waals surface area (Å²) in [5, 5.41) is 11.9. The molecule has 1 saturated carbocycles. The fourth-order valence-electron chi connectivity index (χ4n) is 4.80. The number of hydrogen-bond acceptors (Lipinski definition) is 8. The number of benzene rings is 2. The predicted octanol–water partition coefficient (Wildman–Crippen LogP) is 5.09. The molecule has 3 aromatic rings. The summed E-state index contributed by atoms with van der Waals surface area (Å²) in [5.74, 6) is -0.619. The van der Waals surface area contributed by atoms with Gasteiger partial charge in [-0.25, -0.2) is 13.2 Å². The molecule has 2 aliphatic rings. The van der Waals surface area contributed by atoms with Gasteiger partial charge >= 0.3 is 12.6 Å². The summed E-state index contributed by atoms with van der Waals surface area (Å²) < 4.78 is 70.6. The smallest absolute Gasteiger partial charge is 0.387 e. The Bertz CT molecular complexity index is 1610. The van der Waals surface area contributed by atoms with Gasteiger partial charge in [-0.2, -0.15) is 17.8 Å². The Kier molecular flexibility index (Phi) is 10.3. The van der Waals surface area contributed by atoms with Gasteiger partial charge in [-0.05, 0) is 67.8 Å². The maximum Gasteiger partial charge on any atom is 0.387 e. The van der Waals surface area contributed by atoms with E-state index < -0.39 is 28.7 Å². The van der Waals surface area contributed by atoms with Gasteiger partial charge in [0.25, 0.3) is 0 Å². The van der Waals surface area contributed by atoms with Crippen LogP contribution in [0.3, 0.4) is 0 Å². The summed E-state index contributed by atoms with van der Waals surface area (Å²) in [7, 11) is -1.83. The summed E-state index contributed by atoms with van der Waals surface area (Å²) in [6.07, 6.45) is 2.97. The van der Waals surface area contributed by atoms with Gasteiger partial charge in [0, 0.05) is 38.2 Å². The fourth-order valence-corrected chi connectivity index (χ4v) is 6.82. The van der Waals surface area contributed by atoms with Crippen molar-refractivity contribution in [3.63, 3.8) is 0 Å². The number of ether oxygens (including phenoxy) is 3. The highest BCUT2D eigenvalue weighted by molar-refractivity contribution is 7.89. The first-order valence-corrected chi connectivity index (χ1v) is 16.4. The van der Waals surface area contributed by atoms with Crippen molar-refractivity contribution in [3.05, 3.63) is 86.8 Å². The first-order valence-electron chi connectivity index (χ1n) is 14.2. The summed E-state index contributed by atoms with van der Waals surface area (Å²) >= 11 is 12.6. The Balaban J connectivity index is 1.42. The van der Waals surface area contributed by atoms with Crippen LogP contribution in [0.15, 0.2) is 59.8 Å². The zero-order valence-corrected chi connectivity index (χ0v) is 26.5. The first kappa shape index (κ1) is 33.1. The highest BCUT2D eigenvalue weighted by atomic mass is 35.5. The standard InChI is InChI=1S/C30H31Cl2F2N3O7S/c1-35-10-12-37(13-11-35)45(40,41)22-7-4-20(5-8-22)29(38)43-27(15-23-24(31)16-36(39)17-25(23)32)21-6-9-26(44-30(33)34)28(14-21)42-18-19-2-3-19/h4-9,14,16-17,19,27,30H,2-3,10-13,15,18H2,1H3/t27-/m0/s1. The third-order valence-electron chi connectivity index (χ3n) is 7.61. The lowest BCUT2D eigenvalue weighted by atomic mass is 10.0. The lowest BCUT2D eigenvalue weighted by Crippen LogP contribution is -2.47. The van der Waals surface area contributed by atoms with Gasteiger partial charge in [0.15, 0.2) is 23.9 Å². The molecule has 0 spiro atoms. The largest absolute Gasteiger partial charge is 0.619 e. The number of esters is 1. The maximum atomic E-state index is 13.4. The van der Waals surface area contributed by atoms with E-state index in [1.807, 2.05) is 11.9 Å². The summed E-state index contributed by atoms with van der Waals surface area (Å²) in [6.45, 7) is -0.854. The molecular weight excluding hydrogens is 655 g/mol. The number of likely N-dealkylation sites (N-methyl/N-ethyl adjacent to an activating group) is 1. The number of alkyl halides is 2. The van der Waals surface area contributed by atoms with E-state index >= 15 is 0 Å². The monoisotopic (exact) mass is 685 g/mol. The van der Waals surface area contributed by atoms with Gasteiger partial charge in [-0.15, -0.1) is 0 Å². The van der Waals surface area contributed by atoms with E-state index in [1.54, 1.807) is 0 Å². The Labute approximate surface area is 269 Å². The van der Waals surface area contributed by atoms with Crippen molar-refractivity contribution in [2.75, 3.05) is 39.8 Å². The molecule has 2 heterocycles. The summed E-state index contributed by atoms with van der Waals surface area (Å²) in [4.78, 5) is 15.5. The van der Waals surface area contributed by atoms with Crippen molar-refractivity contribution < 1.29 is 40.9 Å². The van der Waals surface area contributed by atoms with E-state index in [4.69, 9.17) is 32.7 Å². The van der Waals surface area contributed by atoms with Crippen LogP contribution in [0, 0.1) is 11.1 Å². The average Bonchev–Trinajstić information content (AvgIpc) is 3.82. The van der Waals surface area contributed by atoms with Crippen molar-refractivity contribution in [2.45, 2.75) is 36.9 Å². The summed E-state index contributed by atoms with van der Waals surface area (Å²) in [5.41, 5.74) is 0.740. The number of pyridine rings is 1. The number of sulfonamides is 1. The molecule has 0 N–H and O–H groups in total. The molecule has 1 saturated heterocycles. The molecule has 0 radical (unpaired) electrons. The van der Waals surface area contributed by atoms with Crippen molar-refractivity contribution in [3.8, 4) is 11.5 Å². The van der Waals surface area contributed by atoms with E-state index in [2.05, 4.69) is 4.74 Å². The molecule has 0 bridgehead atoms. The zero-order valence-electron chi connectivity index (χ0n) is 24.2. The van der Waals surface area contributed by atoms with E-state index in [1.165, 1.54) is 46.8 Å². The fraction of sp³-hybridized carbons (Fsp3) is 0.400. The molecule has 0 unspecified atom stereocenters. The number of nitrogens with zero attached hydrogens (tertiary/aromatic N) is 3. The predicted molar refractivity (Wildman–Crippen MR) is 161 cm³/mol. The number of aromatic nitrogens is 1. The van der Waals surface area contributed by atoms with Crippen LogP contribution in [0.1, 0.15) is 40.4 Å². The Morgan fingerprint density at radius 2 is 1.67 bits per heavy atom. The second kappa shape index (κ2) is 14.0. The molecule has 2 aromatic carbocycles. The maximum absolute atomic E-state index is 13.4. The molecule has 1 atom stereocenters. The topological polar surface area (TPSA) is 112 Å². The van der Waals surface area contributed by atoms with Gasteiger partial charge in [0.2, 0.25) is 10.0 Å². The third-order valence-corrected chi connectivity index (χ3v) is 10.2. The van der Waals surface area contributed by atoms with Crippen LogP contribution < -0.4 is 14.2 Å². The molecular formula is C30H31Cl2F2N3O7S. The number of rotatable bonds is 12. The summed E-state index contributed by atoms with van der Waals surface area (Å²) in [6, 6.07) is 9.59. The van der Waals surface area contributed by atoms with E-state index in [9.17, 15) is 27.2 Å². The molecule has 10 nitrogen and oxygen atoms in total. The van der Waals surface area contributed by atoms with Crippen molar-refractivity contribution in [2.24, 2.45) is 5.92 Å². The molecule has 1 aromatic heterocycles. The molecule has 0 amide bonds. The molecule has 1 aliphatic heterocycles. The van der Waals surface area contributed by atoms with E-state index in [0.29, 0.717) is 54.6 Å². The zero-order chi connectivity index (χ0) is 32.3. The van der Waals surface area contributed by atoms with Crippen LogP contribution in [0.4, 0.5) is 8.78 Å². The quantitative estimate of drug-likeness (QED) is 0.147. The van der Waals surface area contributed by atoms with Gasteiger partial charge in [-0.3, -0.25) is 0 Å². The van der Waals surface area contributed by atoms with Crippen molar-refractivity contribution in [1.82, 2.24) is 9.21 Å². The van der Waals surface area contributed by atoms with Crippen LogP contribution in [-0.2, 0) is 21.2 Å². The molecule has 5 rings (SSSR count). The van der Waals surface area contributed by atoms with E-state index in [-0.39, 0.29) is 38.4 Å². The minimum atomic E-state index is -3.75. The Hall–Kier alpha value is -3.23. The highest BCUT2D eigenvalue weighted by Crippen LogP contribution is 2.38. The lowest BCUT2D eigenvalue weighted by Gasteiger charge is -2.31. The van der Waals surface area contributed by atoms with Crippen molar-refractivity contribution >= 4 is 39.2 Å². The van der Waals surface area contributed by atoms with Gasteiger partial charge in [0.1, 0.15) is 16.1 Å². The van der Waals surface area contributed by atoms with Gasteiger partial charge in [0.05, 0.1) is 17.1 Å². The van der Waals surface area contributed by atoms with Crippen LogP contribution in [0.25, 0.3) is 0 Å². The average molecular weight is 687 g/mol. The first-order chi connectivity index (χ1) is 21.4. The molecule has 242 valence electrons. The van der Waals surface area contributed by atoms with E-state index in [0.717, 1.165) is 25.2 Å². The number of carbonyl (C=O) groups is 1.